The minimum atomic E-state index is -0.0716. The van der Waals surface area contributed by atoms with Gasteiger partial charge in [0.05, 0.1) is 6.10 Å². The van der Waals surface area contributed by atoms with E-state index >= 15 is 0 Å². The van der Waals surface area contributed by atoms with Crippen LogP contribution in [0.2, 0.25) is 0 Å². The molecule has 0 spiro atoms. The zero-order valence-electron chi connectivity index (χ0n) is 9.71. The van der Waals surface area contributed by atoms with E-state index in [0.29, 0.717) is 0 Å². The van der Waals surface area contributed by atoms with Gasteiger partial charge in [-0.3, -0.25) is 0 Å². The molecule has 1 N–H and O–H groups in total. The van der Waals surface area contributed by atoms with Gasteiger partial charge in [0.15, 0.2) is 0 Å². The molecular formula is C12H25NO. The average Bonchev–Trinajstić information content (AvgIpc) is 2.65. The standard InChI is InChI=1S/C12H25NO/c1-3-11-7-5-9-13(11)10-6-8-12(14)4-2/h11-12,14H,3-10H2,1-2H3. The van der Waals surface area contributed by atoms with E-state index in [1.54, 1.807) is 0 Å². The largest absolute Gasteiger partial charge is 0.393 e. The van der Waals surface area contributed by atoms with Crippen molar-refractivity contribution >= 4 is 0 Å². The summed E-state index contributed by atoms with van der Waals surface area (Å²) in [6.45, 7) is 6.80. The molecular weight excluding hydrogens is 174 g/mol. The maximum absolute atomic E-state index is 9.44. The fraction of sp³-hybridized carbons (Fsp3) is 1.00. The monoisotopic (exact) mass is 199 g/mol. The smallest absolute Gasteiger partial charge is 0.0538 e. The Kier molecular flexibility index (Phi) is 5.49. The van der Waals surface area contributed by atoms with Crippen LogP contribution >= 0.6 is 0 Å². The first kappa shape index (κ1) is 12.0. The number of rotatable bonds is 6. The van der Waals surface area contributed by atoms with Gasteiger partial charge < -0.3 is 10.0 Å². The quantitative estimate of drug-likeness (QED) is 0.710. The van der Waals surface area contributed by atoms with Gasteiger partial charge in [0.1, 0.15) is 0 Å². The van der Waals surface area contributed by atoms with Crippen LogP contribution in [0, 0.1) is 0 Å². The van der Waals surface area contributed by atoms with Crippen LogP contribution in [0.5, 0.6) is 0 Å². The lowest BCUT2D eigenvalue weighted by atomic mass is 10.1. The zero-order chi connectivity index (χ0) is 10.4. The Morgan fingerprint density at radius 3 is 2.86 bits per heavy atom. The average molecular weight is 199 g/mol. The highest BCUT2D eigenvalue weighted by Crippen LogP contribution is 2.20. The van der Waals surface area contributed by atoms with Crippen molar-refractivity contribution in [1.82, 2.24) is 4.90 Å². The molecule has 1 saturated heterocycles. The van der Waals surface area contributed by atoms with Crippen molar-refractivity contribution in [3.8, 4) is 0 Å². The summed E-state index contributed by atoms with van der Waals surface area (Å²) in [5, 5.41) is 9.44. The van der Waals surface area contributed by atoms with Crippen molar-refractivity contribution in [3.05, 3.63) is 0 Å². The van der Waals surface area contributed by atoms with E-state index in [0.717, 1.165) is 25.3 Å². The first-order valence-electron chi connectivity index (χ1n) is 6.20. The topological polar surface area (TPSA) is 23.5 Å². The lowest BCUT2D eigenvalue weighted by Crippen LogP contribution is -2.30. The van der Waals surface area contributed by atoms with E-state index in [9.17, 15) is 5.11 Å². The van der Waals surface area contributed by atoms with E-state index in [1.165, 1.54) is 32.4 Å². The maximum atomic E-state index is 9.44. The summed E-state index contributed by atoms with van der Waals surface area (Å²) in [4.78, 5) is 2.60. The highest BCUT2D eigenvalue weighted by molar-refractivity contribution is 4.77. The number of hydrogen-bond acceptors (Lipinski definition) is 2. The molecule has 1 fully saturated rings. The van der Waals surface area contributed by atoms with Gasteiger partial charge in [-0.25, -0.2) is 0 Å². The summed E-state index contributed by atoms with van der Waals surface area (Å²) in [7, 11) is 0. The van der Waals surface area contributed by atoms with Crippen LogP contribution in [0.15, 0.2) is 0 Å². The van der Waals surface area contributed by atoms with Crippen LogP contribution in [-0.4, -0.2) is 35.2 Å². The molecule has 0 aromatic rings. The third kappa shape index (κ3) is 3.58. The van der Waals surface area contributed by atoms with Crippen molar-refractivity contribution in [2.45, 2.75) is 64.5 Å². The Bertz CT molecular complexity index is 149. The normalized spacial score (nSPS) is 25.5. The van der Waals surface area contributed by atoms with Crippen molar-refractivity contribution < 1.29 is 5.11 Å². The van der Waals surface area contributed by atoms with Crippen LogP contribution in [0.4, 0.5) is 0 Å². The summed E-state index contributed by atoms with van der Waals surface area (Å²) in [6, 6.07) is 0.828. The van der Waals surface area contributed by atoms with Gasteiger partial charge in [-0.05, 0) is 51.6 Å². The van der Waals surface area contributed by atoms with Crippen LogP contribution in [-0.2, 0) is 0 Å². The van der Waals surface area contributed by atoms with E-state index in [4.69, 9.17) is 0 Å². The molecule has 1 aliphatic heterocycles. The number of aliphatic hydroxyl groups is 1. The van der Waals surface area contributed by atoms with Crippen LogP contribution in [0.25, 0.3) is 0 Å². The molecule has 0 bridgehead atoms. The number of aliphatic hydroxyl groups excluding tert-OH is 1. The van der Waals surface area contributed by atoms with Crippen molar-refractivity contribution in [1.29, 1.82) is 0 Å². The van der Waals surface area contributed by atoms with Gasteiger partial charge in [-0.2, -0.15) is 0 Å². The molecule has 0 aromatic heterocycles. The first-order valence-corrected chi connectivity index (χ1v) is 6.20. The highest BCUT2D eigenvalue weighted by atomic mass is 16.3. The molecule has 1 aliphatic rings. The molecule has 2 unspecified atom stereocenters. The molecule has 0 aliphatic carbocycles. The Balaban J connectivity index is 2.11. The minimum absolute atomic E-state index is 0.0716. The van der Waals surface area contributed by atoms with E-state index in [1.807, 2.05) is 0 Å². The predicted octanol–water partition coefficient (Wildman–Crippen LogP) is 2.41. The molecule has 0 saturated carbocycles. The number of likely N-dealkylation sites (tertiary alicyclic amines) is 1. The van der Waals surface area contributed by atoms with Gasteiger partial charge in [0, 0.05) is 6.04 Å². The van der Waals surface area contributed by atoms with Crippen LogP contribution in [0.3, 0.4) is 0 Å². The molecule has 2 atom stereocenters. The lowest BCUT2D eigenvalue weighted by molar-refractivity contribution is 0.147. The van der Waals surface area contributed by atoms with Crippen molar-refractivity contribution in [2.24, 2.45) is 0 Å². The fourth-order valence-corrected chi connectivity index (χ4v) is 2.39. The van der Waals surface area contributed by atoms with E-state index in [2.05, 4.69) is 18.7 Å². The van der Waals surface area contributed by atoms with Crippen molar-refractivity contribution in [3.63, 3.8) is 0 Å². The Labute approximate surface area is 88.3 Å². The molecule has 84 valence electrons. The summed E-state index contributed by atoms with van der Waals surface area (Å²) < 4.78 is 0. The SMILES string of the molecule is CCC(O)CCCN1CCCC1CC. The minimum Gasteiger partial charge on any atom is -0.393 e. The molecule has 0 aromatic carbocycles. The Hall–Kier alpha value is -0.0800. The molecule has 0 amide bonds. The zero-order valence-corrected chi connectivity index (χ0v) is 9.71. The summed E-state index contributed by atoms with van der Waals surface area (Å²) in [5.74, 6) is 0. The van der Waals surface area contributed by atoms with Gasteiger partial charge in [-0.15, -0.1) is 0 Å². The van der Waals surface area contributed by atoms with Gasteiger partial charge in [0.2, 0.25) is 0 Å². The Morgan fingerprint density at radius 1 is 1.43 bits per heavy atom. The van der Waals surface area contributed by atoms with Gasteiger partial charge in [0.25, 0.3) is 0 Å². The maximum Gasteiger partial charge on any atom is 0.0538 e. The summed E-state index contributed by atoms with van der Waals surface area (Å²) in [6.07, 6.45) is 7.00. The molecule has 2 nitrogen and oxygen atoms in total. The van der Waals surface area contributed by atoms with Crippen LogP contribution < -0.4 is 0 Å². The lowest BCUT2D eigenvalue weighted by Gasteiger charge is -2.23. The second-order valence-electron chi connectivity index (χ2n) is 4.44. The molecule has 1 heterocycles. The number of nitrogens with zero attached hydrogens (tertiary/aromatic N) is 1. The van der Waals surface area contributed by atoms with E-state index in [-0.39, 0.29) is 6.10 Å². The van der Waals surface area contributed by atoms with Gasteiger partial charge >= 0.3 is 0 Å². The Morgan fingerprint density at radius 2 is 2.21 bits per heavy atom. The fourth-order valence-electron chi connectivity index (χ4n) is 2.39. The third-order valence-corrected chi connectivity index (χ3v) is 3.42. The van der Waals surface area contributed by atoms with Gasteiger partial charge in [-0.1, -0.05) is 13.8 Å². The predicted molar refractivity (Wildman–Crippen MR) is 60.4 cm³/mol. The second-order valence-corrected chi connectivity index (χ2v) is 4.44. The second kappa shape index (κ2) is 6.41. The summed E-state index contributed by atoms with van der Waals surface area (Å²) >= 11 is 0. The first-order chi connectivity index (χ1) is 6.77. The molecule has 0 radical (unpaired) electrons. The third-order valence-electron chi connectivity index (χ3n) is 3.42. The molecule has 2 heteroatoms. The molecule has 1 rings (SSSR count). The van der Waals surface area contributed by atoms with Crippen molar-refractivity contribution in [2.75, 3.05) is 13.1 Å². The van der Waals surface area contributed by atoms with Crippen LogP contribution in [0.1, 0.15) is 52.4 Å². The summed E-state index contributed by atoms with van der Waals surface area (Å²) in [5.41, 5.74) is 0. The number of hydrogen-bond donors (Lipinski definition) is 1. The molecule has 14 heavy (non-hydrogen) atoms. The van der Waals surface area contributed by atoms with E-state index < -0.39 is 0 Å². The highest BCUT2D eigenvalue weighted by Gasteiger charge is 2.21.